The number of hydrogen-bond acceptors (Lipinski definition) is 2. The van der Waals surface area contributed by atoms with E-state index >= 15 is 0 Å². The van der Waals surface area contributed by atoms with Crippen LogP contribution in [0, 0.1) is 5.41 Å². The van der Waals surface area contributed by atoms with Crippen molar-refractivity contribution >= 4 is 11.8 Å². The zero-order valence-electron chi connectivity index (χ0n) is 15.5. The van der Waals surface area contributed by atoms with Gasteiger partial charge in [0.1, 0.15) is 5.75 Å². The Morgan fingerprint density at radius 1 is 1.21 bits per heavy atom. The molecule has 0 heterocycles. The largest absolute Gasteiger partial charge is 0.494 e. The topological polar surface area (TPSA) is 9.23 Å². The molecule has 0 spiro atoms. The molecular formula is C22H30OS. The standard InChI is InChI=1S/C22H30OS/c1-5-6-16-23-20-12-10-19(11-13-20)17-18(2)21(24-4)22(3)14-8-7-9-15-22/h7-14H,5-6,15-17H2,1-4H3/b21-18+. The van der Waals surface area contributed by atoms with Crippen molar-refractivity contribution in [3.05, 3.63) is 64.6 Å². The van der Waals surface area contributed by atoms with Gasteiger partial charge in [0, 0.05) is 5.41 Å². The summed E-state index contributed by atoms with van der Waals surface area (Å²) in [5.74, 6) is 0.978. The molecule has 1 aromatic rings. The van der Waals surface area contributed by atoms with Gasteiger partial charge in [-0.25, -0.2) is 0 Å². The van der Waals surface area contributed by atoms with Crippen LogP contribution in [0.25, 0.3) is 0 Å². The lowest BCUT2D eigenvalue weighted by molar-refractivity contribution is 0.309. The molecule has 130 valence electrons. The summed E-state index contributed by atoms with van der Waals surface area (Å²) >= 11 is 1.89. The molecule has 0 N–H and O–H groups in total. The second-order valence-corrected chi connectivity index (χ2v) is 7.56. The van der Waals surface area contributed by atoms with E-state index in [2.05, 4.69) is 75.6 Å². The number of allylic oxidation sites excluding steroid dienone is 6. The van der Waals surface area contributed by atoms with Crippen molar-refractivity contribution in [2.45, 2.75) is 46.5 Å². The van der Waals surface area contributed by atoms with Crippen molar-refractivity contribution in [1.29, 1.82) is 0 Å². The minimum Gasteiger partial charge on any atom is -0.494 e. The summed E-state index contributed by atoms with van der Waals surface area (Å²) < 4.78 is 5.75. The number of rotatable bonds is 8. The predicted molar refractivity (Wildman–Crippen MR) is 108 cm³/mol. The number of benzene rings is 1. The van der Waals surface area contributed by atoms with Gasteiger partial charge in [0.15, 0.2) is 0 Å². The quantitative estimate of drug-likeness (QED) is 0.494. The second kappa shape index (κ2) is 9.17. The second-order valence-electron chi connectivity index (χ2n) is 6.75. The van der Waals surface area contributed by atoms with E-state index in [4.69, 9.17) is 4.74 Å². The fourth-order valence-electron chi connectivity index (χ4n) is 3.22. The first-order chi connectivity index (χ1) is 11.6. The van der Waals surface area contributed by atoms with E-state index in [0.29, 0.717) is 0 Å². The molecule has 2 heteroatoms. The summed E-state index contributed by atoms with van der Waals surface area (Å²) in [6.07, 6.45) is 15.5. The van der Waals surface area contributed by atoms with Crippen LogP contribution in [0.4, 0.5) is 0 Å². The van der Waals surface area contributed by atoms with E-state index in [9.17, 15) is 0 Å². The Bertz CT molecular complexity index is 609. The van der Waals surface area contributed by atoms with Crippen molar-refractivity contribution in [2.24, 2.45) is 5.41 Å². The molecule has 0 fully saturated rings. The molecule has 0 bridgehead atoms. The Balaban J connectivity index is 2.07. The lowest BCUT2D eigenvalue weighted by Gasteiger charge is -2.30. The third kappa shape index (κ3) is 5.04. The minimum atomic E-state index is 0.140. The highest BCUT2D eigenvalue weighted by Gasteiger charge is 2.27. The Hall–Kier alpha value is -1.41. The molecule has 0 saturated heterocycles. The molecule has 1 unspecified atom stereocenters. The van der Waals surface area contributed by atoms with Crippen molar-refractivity contribution in [2.75, 3.05) is 12.9 Å². The number of unbranched alkanes of at least 4 members (excludes halogenated alkanes) is 1. The van der Waals surface area contributed by atoms with Gasteiger partial charge in [0.25, 0.3) is 0 Å². The van der Waals surface area contributed by atoms with E-state index in [0.717, 1.165) is 31.6 Å². The maximum absolute atomic E-state index is 5.75. The van der Waals surface area contributed by atoms with Crippen LogP contribution in [-0.2, 0) is 6.42 Å². The van der Waals surface area contributed by atoms with E-state index in [1.54, 1.807) is 0 Å². The molecule has 0 amide bonds. The van der Waals surface area contributed by atoms with Crippen LogP contribution in [0.1, 0.15) is 45.6 Å². The molecule has 0 aliphatic heterocycles. The lowest BCUT2D eigenvalue weighted by Crippen LogP contribution is -2.17. The Morgan fingerprint density at radius 2 is 1.96 bits per heavy atom. The van der Waals surface area contributed by atoms with Gasteiger partial charge in [-0.05, 0) is 55.0 Å². The van der Waals surface area contributed by atoms with Crippen LogP contribution in [0.2, 0.25) is 0 Å². The van der Waals surface area contributed by atoms with Gasteiger partial charge >= 0.3 is 0 Å². The zero-order chi connectivity index (χ0) is 17.4. The third-order valence-corrected chi connectivity index (χ3v) is 5.75. The minimum absolute atomic E-state index is 0.140. The Labute approximate surface area is 151 Å². The molecule has 1 nitrogen and oxygen atoms in total. The number of hydrogen-bond donors (Lipinski definition) is 0. The van der Waals surface area contributed by atoms with Gasteiger partial charge in [0.2, 0.25) is 0 Å². The normalized spacial score (nSPS) is 20.8. The molecule has 1 aromatic carbocycles. The first-order valence-corrected chi connectivity index (χ1v) is 10.1. The van der Waals surface area contributed by atoms with Crippen molar-refractivity contribution < 1.29 is 4.74 Å². The van der Waals surface area contributed by atoms with Crippen LogP contribution in [0.3, 0.4) is 0 Å². The molecule has 0 saturated carbocycles. The molecule has 1 atom stereocenters. The highest BCUT2D eigenvalue weighted by molar-refractivity contribution is 8.02. The van der Waals surface area contributed by atoms with Gasteiger partial charge in [-0.15, -0.1) is 11.8 Å². The average Bonchev–Trinajstić information content (AvgIpc) is 2.58. The third-order valence-electron chi connectivity index (χ3n) is 4.52. The van der Waals surface area contributed by atoms with E-state index < -0.39 is 0 Å². The van der Waals surface area contributed by atoms with Crippen molar-refractivity contribution in [3.63, 3.8) is 0 Å². The van der Waals surface area contributed by atoms with Gasteiger partial charge in [0.05, 0.1) is 6.61 Å². The first kappa shape index (κ1) is 18.9. The molecule has 0 aromatic heterocycles. The maximum atomic E-state index is 5.75. The van der Waals surface area contributed by atoms with Gasteiger partial charge < -0.3 is 4.74 Å². The molecule has 1 aliphatic carbocycles. The SMILES string of the molecule is CCCCOc1ccc(C/C(C)=C(/SC)C2(C)C=CC=CC2)cc1. The van der Waals surface area contributed by atoms with E-state index in [1.165, 1.54) is 22.5 Å². The Morgan fingerprint density at radius 3 is 2.54 bits per heavy atom. The fourth-order valence-corrected chi connectivity index (χ4v) is 4.25. The highest BCUT2D eigenvalue weighted by atomic mass is 32.2. The lowest BCUT2D eigenvalue weighted by atomic mass is 9.81. The summed E-state index contributed by atoms with van der Waals surface area (Å²) in [6.45, 7) is 7.61. The summed E-state index contributed by atoms with van der Waals surface area (Å²) in [4.78, 5) is 1.49. The molecule has 1 aliphatic rings. The highest BCUT2D eigenvalue weighted by Crippen LogP contribution is 2.43. The molecule has 0 radical (unpaired) electrons. The van der Waals surface area contributed by atoms with Crippen LogP contribution in [0.15, 0.2) is 59.0 Å². The van der Waals surface area contributed by atoms with Crippen LogP contribution >= 0.6 is 11.8 Å². The fraction of sp³-hybridized carbons (Fsp3) is 0.455. The predicted octanol–water partition coefficient (Wildman–Crippen LogP) is 6.57. The van der Waals surface area contributed by atoms with Gasteiger partial charge in [-0.3, -0.25) is 0 Å². The van der Waals surface area contributed by atoms with Gasteiger partial charge in [-0.1, -0.05) is 62.3 Å². The molecule has 2 rings (SSSR count). The van der Waals surface area contributed by atoms with Gasteiger partial charge in [-0.2, -0.15) is 0 Å². The summed E-state index contributed by atoms with van der Waals surface area (Å²) in [5, 5.41) is 0. The average molecular weight is 343 g/mol. The summed E-state index contributed by atoms with van der Waals surface area (Å²) in [5.41, 5.74) is 2.95. The van der Waals surface area contributed by atoms with Crippen molar-refractivity contribution in [1.82, 2.24) is 0 Å². The smallest absolute Gasteiger partial charge is 0.119 e. The Kier molecular flexibility index (Phi) is 7.23. The van der Waals surface area contributed by atoms with Crippen LogP contribution < -0.4 is 4.74 Å². The molecule has 24 heavy (non-hydrogen) atoms. The van der Waals surface area contributed by atoms with Crippen LogP contribution in [-0.4, -0.2) is 12.9 Å². The summed E-state index contributed by atoms with van der Waals surface area (Å²) in [7, 11) is 0. The molecular weight excluding hydrogens is 312 g/mol. The van der Waals surface area contributed by atoms with E-state index in [1.807, 2.05) is 11.8 Å². The first-order valence-electron chi connectivity index (χ1n) is 8.89. The van der Waals surface area contributed by atoms with E-state index in [-0.39, 0.29) is 5.41 Å². The van der Waals surface area contributed by atoms with Crippen molar-refractivity contribution in [3.8, 4) is 5.75 Å². The number of ether oxygens (including phenoxy) is 1. The van der Waals surface area contributed by atoms with Crippen LogP contribution in [0.5, 0.6) is 5.75 Å². The summed E-state index contributed by atoms with van der Waals surface area (Å²) in [6, 6.07) is 8.59. The monoisotopic (exact) mass is 342 g/mol. The number of thioether (sulfide) groups is 1. The maximum Gasteiger partial charge on any atom is 0.119 e. The zero-order valence-corrected chi connectivity index (χ0v) is 16.3.